The highest BCUT2D eigenvalue weighted by atomic mass is 32.1. The Morgan fingerprint density at radius 3 is 1.89 bits per heavy atom. The molecule has 0 saturated heterocycles. The number of Topliss-reactive ketones (excluding diaryl/α,β-unsaturated/α-hetero) is 1. The molecule has 3 nitrogen and oxygen atoms in total. The summed E-state index contributed by atoms with van der Waals surface area (Å²) in [7, 11) is 0. The molecule has 0 aromatic heterocycles. The minimum Gasteiger partial charge on any atom is -0.374 e. The zero-order chi connectivity index (χ0) is 7.65. The fourth-order valence-corrected chi connectivity index (χ4v) is 0.308. The van der Waals surface area contributed by atoms with Gasteiger partial charge in [0.05, 0.1) is 0 Å². The van der Waals surface area contributed by atoms with E-state index in [1.807, 2.05) is 0 Å². The third-order valence-corrected chi connectivity index (χ3v) is 1.54. The van der Waals surface area contributed by atoms with Gasteiger partial charge in [-0.15, -0.1) is 12.6 Å². The van der Waals surface area contributed by atoms with Crippen molar-refractivity contribution in [2.45, 2.75) is 19.4 Å². The van der Waals surface area contributed by atoms with Crippen LogP contribution in [0.5, 0.6) is 0 Å². The first-order chi connectivity index (χ1) is 3.89. The van der Waals surface area contributed by atoms with Crippen molar-refractivity contribution in [3.63, 3.8) is 0 Å². The van der Waals surface area contributed by atoms with Gasteiger partial charge in [-0.05, 0) is 13.8 Å². The molecule has 9 heavy (non-hydrogen) atoms. The Kier molecular flexibility index (Phi) is 2.40. The number of rotatable bonds is 2. The van der Waals surface area contributed by atoms with E-state index in [-0.39, 0.29) is 0 Å². The molecule has 0 aliphatic heterocycles. The van der Waals surface area contributed by atoms with Crippen LogP contribution in [0.2, 0.25) is 0 Å². The number of thiol groups is 1. The summed E-state index contributed by atoms with van der Waals surface area (Å²) in [6.45, 7) is 2.25. The normalized spacial score (nSPS) is 16.4. The lowest BCUT2D eigenvalue weighted by atomic mass is 10.1. The predicted molar refractivity (Wildman–Crippen MR) is 35.3 cm³/mol. The van der Waals surface area contributed by atoms with Gasteiger partial charge >= 0.3 is 0 Å². The third-order valence-electron chi connectivity index (χ3n) is 1.10. The lowest BCUT2D eigenvalue weighted by molar-refractivity contribution is -0.142. The van der Waals surface area contributed by atoms with Gasteiger partial charge < -0.3 is 5.11 Å². The Balaban J connectivity index is 4.38. The second kappa shape index (κ2) is 2.49. The number of hydrogen-bond donors (Lipinski definition) is 2. The Morgan fingerprint density at radius 2 is 1.89 bits per heavy atom. The van der Waals surface area contributed by atoms with Gasteiger partial charge in [0.15, 0.2) is 11.4 Å². The van der Waals surface area contributed by atoms with Crippen molar-refractivity contribution in [2.75, 3.05) is 0 Å². The van der Waals surface area contributed by atoms with E-state index in [0.717, 1.165) is 13.8 Å². The van der Waals surface area contributed by atoms with E-state index in [1.165, 1.54) is 0 Å². The van der Waals surface area contributed by atoms with Crippen molar-refractivity contribution in [1.29, 1.82) is 0 Å². The Bertz CT molecular complexity index is 134. The van der Waals surface area contributed by atoms with Crippen molar-refractivity contribution in [2.24, 2.45) is 0 Å². The summed E-state index contributed by atoms with van der Waals surface area (Å²) < 4.78 is 0. The SMILES string of the molecule is CC(=O)C(C)(O)C(=O)S. The van der Waals surface area contributed by atoms with Gasteiger partial charge in [-0.1, -0.05) is 0 Å². The molecule has 1 N–H and O–H groups in total. The maximum Gasteiger partial charge on any atom is 0.224 e. The molecule has 4 heteroatoms. The summed E-state index contributed by atoms with van der Waals surface area (Å²) in [4.78, 5) is 20.7. The topological polar surface area (TPSA) is 54.4 Å². The summed E-state index contributed by atoms with van der Waals surface area (Å²) in [5, 5.41) is 8.07. The van der Waals surface area contributed by atoms with Gasteiger partial charge in [0.25, 0.3) is 0 Å². The van der Waals surface area contributed by atoms with Crippen LogP contribution in [0.25, 0.3) is 0 Å². The van der Waals surface area contributed by atoms with Gasteiger partial charge in [-0.2, -0.15) is 0 Å². The van der Waals surface area contributed by atoms with E-state index < -0.39 is 16.5 Å². The third kappa shape index (κ3) is 1.80. The number of carbonyl (C=O) groups is 2. The van der Waals surface area contributed by atoms with Crippen LogP contribution in [0, 0.1) is 0 Å². The van der Waals surface area contributed by atoms with Crippen LogP contribution < -0.4 is 0 Å². The summed E-state index contributed by atoms with van der Waals surface area (Å²) in [5.41, 5.74) is -1.91. The molecule has 0 aliphatic rings. The largest absolute Gasteiger partial charge is 0.374 e. The maximum absolute atomic E-state index is 10.4. The number of hydrogen-bond acceptors (Lipinski definition) is 3. The zero-order valence-electron chi connectivity index (χ0n) is 5.21. The standard InChI is InChI=1S/C5H8O3S/c1-3(6)5(2,8)4(7)9/h8H,1-2H3,(H,7,9). The van der Waals surface area contributed by atoms with E-state index in [2.05, 4.69) is 12.6 Å². The number of carbonyl (C=O) groups excluding carboxylic acids is 2. The van der Waals surface area contributed by atoms with E-state index in [0.29, 0.717) is 0 Å². The van der Waals surface area contributed by atoms with Gasteiger partial charge in [-0.25, -0.2) is 0 Å². The molecule has 0 bridgehead atoms. The van der Waals surface area contributed by atoms with Crippen molar-refractivity contribution in [3.05, 3.63) is 0 Å². The molecule has 0 aromatic rings. The highest BCUT2D eigenvalue weighted by Crippen LogP contribution is 2.07. The fraction of sp³-hybridized carbons (Fsp3) is 0.600. The average Bonchev–Trinajstić information content (AvgIpc) is 1.65. The first kappa shape index (κ1) is 8.65. The molecule has 0 aromatic carbocycles. The average molecular weight is 148 g/mol. The van der Waals surface area contributed by atoms with Gasteiger partial charge in [0.1, 0.15) is 0 Å². The van der Waals surface area contributed by atoms with Crippen molar-refractivity contribution < 1.29 is 14.7 Å². The van der Waals surface area contributed by atoms with Crippen LogP contribution in [-0.4, -0.2) is 21.6 Å². The summed E-state index contributed by atoms with van der Waals surface area (Å²) in [6, 6.07) is 0. The predicted octanol–water partition coefficient (Wildman–Crippen LogP) is -0.217. The van der Waals surface area contributed by atoms with Crippen molar-refractivity contribution in [3.8, 4) is 0 Å². The molecule has 0 heterocycles. The first-order valence-electron chi connectivity index (χ1n) is 2.36. The molecule has 0 fully saturated rings. The molecule has 52 valence electrons. The highest BCUT2D eigenvalue weighted by molar-refractivity contribution is 7.97. The Labute approximate surface area is 58.5 Å². The zero-order valence-corrected chi connectivity index (χ0v) is 6.11. The van der Waals surface area contributed by atoms with Crippen molar-refractivity contribution in [1.82, 2.24) is 0 Å². The van der Waals surface area contributed by atoms with E-state index in [4.69, 9.17) is 5.11 Å². The Hall–Kier alpha value is -0.350. The summed E-state index contributed by atoms with van der Waals surface area (Å²) in [6.07, 6.45) is 0. The smallest absolute Gasteiger partial charge is 0.224 e. The molecular formula is C5H8O3S. The van der Waals surface area contributed by atoms with Crippen LogP contribution in [0.15, 0.2) is 0 Å². The van der Waals surface area contributed by atoms with E-state index >= 15 is 0 Å². The van der Waals surface area contributed by atoms with Gasteiger partial charge in [0, 0.05) is 0 Å². The van der Waals surface area contributed by atoms with E-state index in [9.17, 15) is 9.59 Å². The maximum atomic E-state index is 10.4. The molecule has 0 saturated carbocycles. The minimum absolute atomic E-state index is 0.595. The van der Waals surface area contributed by atoms with E-state index in [1.54, 1.807) is 0 Å². The summed E-state index contributed by atoms with van der Waals surface area (Å²) in [5.74, 6) is -0.595. The monoisotopic (exact) mass is 148 g/mol. The van der Waals surface area contributed by atoms with Crippen LogP contribution in [0.4, 0.5) is 0 Å². The molecule has 1 unspecified atom stereocenters. The molecular weight excluding hydrogens is 140 g/mol. The van der Waals surface area contributed by atoms with Gasteiger partial charge in [0.2, 0.25) is 5.12 Å². The molecule has 0 amide bonds. The second-order valence-corrected chi connectivity index (χ2v) is 2.34. The lowest BCUT2D eigenvalue weighted by Gasteiger charge is -2.13. The minimum atomic E-state index is -1.91. The van der Waals surface area contributed by atoms with Crippen LogP contribution in [0.1, 0.15) is 13.8 Å². The highest BCUT2D eigenvalue weighted by Gasteiger charge is 2.32. The lowest BCUT2D eigenvalue weighted by Crippen LogP contribution is -2.39. The molecule has 1 atom stereocenters. The number of aliphatic hydroxyl groups is 1. The number of ketones is 1. The summed E-state index contributed by atoms with van der Waals surface area (Å²) >= 11 is 3.31. The van der Waals surface area contributed by atoms with Crippen LogP contribution >= 0.6 is 12.6 Å². The second-order valence-electron chi connectivity index (χ2n) is 1.93. The fourth-order valence-electron chi connectivity index (χ4n) is 0.151. The molecule has 0 aliphatic carbocycles. The quantitative estimate of drug-likeness (QED) is 0.420. The van der Waals surface area contributed by atoms with Gasteiger partial charge in [-0.3, -0.25) is 9.59 Å². The molecule has 0 spiro atoms. The van der Waals surface area contributed by atoms with Crippen LogP contribution in [0.3, 0.4) is 0 Å². The molecule has 0 rings (SSSR count). The molecule has 0 radical (unpaired) electrons. The first-order valence-corrected chi connectivity index (χ1v) is 2.80. The Morgan fingerprint density at radius 1 is 1.56 bits per heavy atom. The van der Waals surface area contributed by atoms with Crippen LogP contribution in [-0.2, 0) is 9.59 Å². The van der Waals surface area contributed by atoms with Crippen molar-refractivity contribution >= 4 is 23.5 Å².